The smallest absolute Gasteiger partial charge is 0.345 e. The topological polar surface area (TPSA) is 44.8 Å². The molecule has 0 atom stereocenters. The predicted molar refractivity (Wildman–Crippen MR) is 78.0 cm³/mol. The molecule has 4 nitrogen and oxygen atoms in total. The second-order valence-corrected chi connectivity index (χ2v) is 6.76. The lowest BCUT2D eigenvalue weighted by Crippen LogP contribution is -2.39. The highest BCUT2D eigenvalue weighted by molar-refractivity contribution is 9.10. The Balaban J connectivity index is 2.23. The van der Waals surface area contributed by atoms with Crippen molar-refractivity contribution in [3.8, 4) is 11.5 Å². The van der Waals surface area contributed by atoms with Gasteiger partial charge in [0.15, 0.2) is 0 Å². The average molecular weight is 339 g/mol. The molecule has 2 aliphatic heterocycles. The normalized spacial score (nSPS) is 21.1. The summed E-state index contributed by atoms with van der Waals surface area (Å²) in [5, 5.41) is 0. The summed E-state index contributed by atoms with van der Waals surface area (Å²) in [4.78, 5) is 12.1. The SMILES string of the molecule is CC1(C)C=Cc2c(c(Br)cc3c2OC(C)(C)OC3=O)O1. The van der Waals surface area contributed by atoms with Crippen LogP contribution in [0.5, 0.6) is 11.5 Å². The van der Waals surface area contributed by atoms with Crippen molar-refractivity contribution in [2.75, 3.05) is 0 Å². The van der Waals surface area contributed by atoms with Gasteiger partial charge in [0, 0.05) is 13.8 Å². The van der Waals surface area contributed by atoms with Gasteiger partial charge >= 0.3 is 5.97 Å². The Morgan fingerprint density at radius 2 is 1.75 bits per heavy atom. The average Bonchev–Trinajstić information content (AvgIpc) is 2.29. The van der Waals surface area contributed by atoms with Crippen molar-refractivity contribution in [3.63, 3.8) is 0 Å². The number of rotatable bonds is 0. The summed E-state index contributed by atoms with van der Waals surface area (Å²) in [6, 6.07) is 1.68. The van der Waals surface area contributed by atoms with Gasteiger partial charge in [0.05, 0.1) is 10.0 Å². The minimum atomic E-state index is -0.980. The Labute approximate surface area is 125 Å². The molecule has 2 aliphatic rings. The van der Waals surface area contributed by atoms with Crippen LogP contribution in [-0.4, -0.2) is 17.4 Å². The number of fused-ring (bicyclic) bond motifs is 3. The van der Waals surface area contributed by atoms with Crippen LogP contribution >= 0.6 is 15.9 Å². The second-order valence-electron chi connectivity index (χ2n) is 5.91. The molecule has 0 fully saturated rings. The minimum absolute atomic E-state index is 0.391. The summed E-state index contributed by atoms with van der Waals surface area (Å²) in [6.45, 7) is 7.36. The molecule has 0 saturated heterocycles. The molecule has 2 heterocycles. The first kappa shape index (κ1) is 13.5. The Bertz CT molecular complexity index is 644. The summed E-state index contributed by atoms with van der Waals surface area (Å²) in [6.07, 6.45) is 3.87. The third kappa shape index (κ3) is 2.10. The summed E-state index contributed by atoms with van der Waals surface area (Å²) in [7, 11) is 0. The number of cyclic esters (lactones) is 1. The van der Waals surface area contributed by atoms with Gasteiger partial charge < -0.3 is 14.2 Å². The van der Waals surface area contributed by atoms with Gasteiger partial charge in [-0.15, -0.1) is 0 Å². The van der Waals surface area contributed by atoms with Gasteiger partial charge in [0.2, 0.25) is 5.79 Å². The standard InChI is InChI=1S/C15H15BrO4/c1-14(2)6-5-8-11-9(7-10(16)12(8)18-14)13(17)20-15(3,4)19-11/h5-7H,1-4H3. The molecule has 3 rings (SSSR count). The van der Waals surface area contributed by atoms with E-state index in [2.05, 4.69) is 15.9 Å². The maximum Gasteiger partial charge on any atom is 0.345 e. The minimum Gasteiger partial charge on any atom is -0.482 e. The molecular formula is C15H15BrO4. The lowest BCUT2D eigenvalue weighted by atomic mass is 9.99. The first-order chi connectivity index (χ1) is 9.19. The number of esters is 1. The van der Waals surface area contributed by atoms with Crippen molar-refractivity contribution in [3.05, 3.63) is 27.7 Å². The number of hydrogen-bond acceptors (Lipinski definition) is 4. The van der Waals surface area contributed by atoms with Crippen molar-refractivity contribution < 1.29 is 19.0 Å². The summed E-state index contributed by atoms with van der Waals surface area (Å²) in [5.41, 5.74) is 0.774. The molecule has 0 spiro atoms. The molecule has 0 bridgehead atoms. The number of carbonyl (C=O) groups is 1. The van der Waals surface area contributed by atoms with Crippen molar-refractivity contribution >= 4 is 28.0 Å². The third-order valence-electron chi connectivity index (χ3n) is 3.14. The molecule has 0 amide bonds. The number of carbonyl (C=O) groups excluding carboxylic acids is 1. The highest BCUT2D eigenvalue weighted by atomic mass is 79.9. The second kappa shape index (κ2) is 4.01. The van der Waals surface area contributed by atoms with Crippen molar-refractivity contribution in [1.29, 1.82) is 0 Å². The van der Waals surface area contributed by atoms with Crippen LogP contribution < -0.4 is 9.47 Å². The molecule has 20 heavy (non-hydrogen) atoms. The molecular weight excluding hydrogens is 324 g/mol. The van der Waals surface area contributed by atoms with Crippen LogP contribution in [0.4, 0.5) is 0 Å². The van der Waals surface area contributed by atoms with Crippen LogP contribution in [0.15, 0.2) is 16.6 Å². The van der Waals surface area contributed by atoms with E-state index in [1.807, 2.05) is 26.0 Å². The Morgan fingerprint density at radius 3 is 2.45 bits per heavy atom. The van der Waals surface area contributed by atoms with Crippen molar-refractivity contribution in [2.45, 2.75) is 39.1 Å². The number of benzene rings is 1. The van der Waals surface area contributed by atoms with Gasteiger partial charge in [-0.1, -0.05) is 0 Å². The molecule has 1 aromatic rings. The van der Waals surface area contributed by atoms with E-state index in [-0.39, 0.29) is 0 Å². The maximum absolute atomic E-state index is 12.1. The molecule has 1 aromatic carbocycles. The van der Waals surface area contributed by atoms with Crippen LogP contribution in [-0.2, 0) is 4.74 Å². The molecule has 0 aromatic heterocycles. The summed E-state index contributed by atoms with van der Waals surface area (Å²) >= 11 is 3.45. The van der Waals surface area contributed by atoms with Gasteiger partial charge in [-0.05, 0) is 48.0 Å². The Hall–Kier alpha value is -1.49. The number of hydrogen-bond donors (Lipinski definition) is 0. The molecule has 106 valence electrons. The fourth-order valence-electron chi connectivity index (χ4n) is 2.28. The first-order valence-electron chi connectivity index (χ1n) is 6.36. The van der Waals surface area contributed by atoms with Crippen LogP contribution in [0.3, 0.4) is 0 Å². The van der Waals surface area contributed by atoms with E-state index >= 15 is 0 Å². The summed E-state index contributed by atoms with van der Waals surface area (Å²) < 4.78 is 17.7. The first-order valence-corrected chi connectivity index (χ1v) is 7.15. The van der Waals surface area contributed by atoms with E-state index in [0.717, 1.165) is 5.56 Å². The van der Waals surface area contributed by atoms with E-state index < -0.39 is 17.4 Å². The Morgan fingerprint density at radius 1 is 1.05 bits per heavy atom. The molecule has 0 unspecified atom stereocenters. The molecule has 0 saturated carbocycles. The summed E-state index contributed by atoms with van der Waals surface area (Å²) in [5.74, 6) is -0.178. The van der Waals surface area contributed by atoms with Gasteiger partial charge in [0.1, 0.15) is 22.7 Å². The molecule has 0 radical (unpaired) electrons. The van der Waals surface area contributed by atoms with Gasteiger partial charge in [0.25, 0.3) is 0 Å². The Kier molecular flexibility index (Phi) is 2.70. The van der Waals surface area contributed by atoms with Crippen LogP contribution in [0.25, 0.3) is 6.08 Å². The van der Waals surface area contributed by atoms with Crippen molar-refractivity contribution in [1.82, 2.24) is 0 Å². The lowest BCUT2D eigenvalue weighted by molar-refractivity contribution is -0.127. The zero-order valence-electron chi connectivity index (χ0n) is 11.7. The zero-order valence-corrected chi connectivity index (χ0v) is 13.3. The highest BCUT2D eigenvalue weighted by Crippen LogP contribution is 2.47. The zero-order chi connectivity index (χ0) is 14.7. The quantitative estimate of drug-likeness (QED) is 0.672. The maximum atomic E-state index is 12.1. The molecule has 5 heteroatoms. The van der Waals surface area contributed by atoms with Gasteiger partial charge in [-0.3, -0.25) is 0 Å². The van der Waals surface area contributed by atoms with Gasteiger partial charge in [-0.25, -0.2) is 4.79 Å². The molecule has 0 N–H and O–H groups in total. The monoisotopic (exact) mass is 338 g/mol. The van der Waals surface area contributed by atoms with Crippen LogP contribution in [0.2, 0.25) is 0 Å². The van der Waals surface area contributed by atoms with Crippen LogP contribution in [0, 0.1) is 0 Å². The van der Waals surface area contributed by atoms with Crippen molar-refractivity contribution in [2.24, 2.45) is 0 Å². The largest absolute Gasteiger partial charge is 0.482 e. The highest BCUT2D eigenvalue weighted by Gasteiger charge is 2.38. The van der Waals surface area contributed by atoms with E-state index in [9.17, 15) is 4.79 Å². The van der Waals surface area contributed by atoms with E-state index in [1.165, 1.54) is 0 Å². The van der Waals surface area contributed by atoms with Gasteiger partial charge in [-0.2, -0.15) is 0 Å². The van der Waals surface area contributed by atoms with E-state index in [4.69, 9.17) is 14.2 Å². The fraction of sp³-hybridized carbons (Fsp3) is 0.400. The van der Waals surface area contributed by atoms with Crippen LogP contribution in [0.1, 0.15) is 43.6 Å². The third-order valence-corrected chi connectivity index (χ3v) is 3.73. The van der Waals surface area contributed by atoms with E-state index in [1.54, 1.807) is 19.9 Å². The lowest BCUT2D eigenvalue weighted by Gasteiger charge is -2.35. The fourth-order valence-corrected chi connectivity index (χ4v) is 2.80. The molecule has 0 aliphatic carbocycles. The number of halogens is 1. The predicted octanol–water partition coefficient (Wildman–Crippen LogP) is 3.92. The van der Waals surface area contributed by atoms with E-state index in [0.29, 0.717) is 21.5 Å². The number of ether oxygens (including phenoxy) is 3.